The summed E-state index contributed by atoms with van der Waals surface area (Å²) in [7, 11) is 0. The highest BCUT2D eigenvalue weighted by atomic mass is 16.5. The standard InChI is InChI=1S/C35H55N7O8/c1-5-6-9-18-38-35(49)50-22-25-14-16-26(17-15-25)39-31(45)27(12-11-19-37-34(36)48)40-32(46)30(23(2)3)41-28(43)13-8-7-10-20-42-29(44)21-24(4)33(42)47/h14-17,23-24,27,30H,5-13,18-22H2,1-4H3,(H,38,49)(H,39,45)(H,40,46)(H,41,43)(H3,36,37,48)/t24?,27-,30-/m0/s1. The summed E-state index contributed by atoms with van der Waals surface area (Å²) >= 11 is 0. The van der Waals surface area contributed by atoms with Gasteiger partial charge in [-0.25, -0.2) is 9.59 Å². The summed E-state index contributed by atoms with van der Waals surface area (Å²) in [5.41, 5.74) is 6.33. The molecule has 0 radical (unpaired) electrons. The molecule has 0 aliphatic carbocycles. The first-order chi connectivity index (χ1) is 23.8. The number of primary amides is 1. The number of carbonyl (C=O) groups excluding carboxylic acids is 7. The molecule has 1 saturated heterocycles. The molecule has 0 aromatic heterocycles. The predicted molar refractivity (Wildman–Crippen MR) is 187 cm³/mol. The molecule has 1 aliphatic rings. The van der Waals surface area contributed by atoms with Gasteiger partial charge in [-0.15, -0.1) is 0 Å². The van der Waals surface area contributed by atoms with Crippen molar-refractivity contribution < 1.29 is 38.3 Å². The zero-order chi connectivity index (χ0) is 37.1. The van der Waals surface area contributed by atoms with Crippen LogP contribution in [-0.2, 0) is 35.3 Å². The summed E-state index contributed by atoms with van der Waals surface area (Å²) in [4.78, 5) is 87.8. The van der Waals surface area contributed by atoms with E-state index in [1.54, 1.807) is 45.0 Å². The quantitative estimate of drug-likeness (QED) is 0.0778. The lowest BCUT2D eigenvalue weighted by molar-refractivity contribution is -0.139. The third-order valence-electron chi connectivity index (χ3n) is 8.26. The normalized spacial score (nSPS) is 15.3. The number of urea groups is 1. The summed E-state index contributed by atoms with van der Waals surface area (Å²) < 4.78 is 5.24. The van der Waals surface area contributed by atoms with Gasteiger partial charge in [0, 0.05) is 44.1 Å². The molecule has 15 nitrogen and oxygen atoms in total. The van der Waals surface area contributed by atoms with E-state index in [9.17, 15) is 33.6 Å². The van der Waals surface area contributed by atoms with Crippen molar-refractivity contribution in [2.24, 2.45) is 17.6 Å². The van der Waals surface area contributed by atoms with E-state index in [0.717, 1.165) is 24.8 Å². The Hall–Kier alpha value is -4.69. The van der Waals surface area contributed by atoms with E-state index in [0.29, 0.717) is 44.5 Å². The molecular weight excluding hydrogens is 646 g/mol. The molecule has 1 aliphatic heterocycles. The molecule has 15 heteroatoms. The molecule has 1 aromatic rings. The summed E-state index contributed by atoms with van der Waals surface area (Å²) in [6.07, 6.45) is 5.08. The molecular formula is C35H55N7O8. The van der Waals surface area contributed by atoms with Crippen LogP contribution in [0.5, 0.6) is 0 Å². The number of nitrogens with two attached hydrogens (primary N) is 1. The highest BCUT2D eigenvalue weighted by molar-refractivity contribution is 6.03. The second kappa shape index (κ2) is 22.1. The van der Waals surface area contributed by atoms with Gasteiger partial charge in [0.25, 0.3) is 0 Å². The Morgan fingerprint density at radius 1 is 0.900 bits per heavy atom. The van der Waals surface area contributed by atoms with Crippen LogP contribution in [0.25, 0.3) is 0 Å². The highest BCUT2D eigenvalue weighted by Crippen LogP contribution is 2.19. The van der Waals surface area contributed by atoms with Crippen LogP contribution < -0.4 is 32.3 Å². The minimum atomic E-state index is -0.992. The third kappa shape index (κ3) is 15.2. The van der Waals surface area contributed by atoms with Crippen LogP contribution in [0.3, 0.4) is 0 Å². The number of likely N-dealkylation sites (tertiary alicyclic amines) is 1. The Bertz CT molecular complexity index is 1300. The van der Waals surface area contributed by atoms with Crippen molar-refractivity contribution in [3.8, 4) is 0 Å². The minimum Gasteiger partial charge on any atom is -0.445 e. The van der Waals surface area contributed by atoms with Crippen LogP contribution in [0.1, 0.15) is 97.5 Å². The van der Waals surface area contributed by atoms with Gasteiger partial charge < -0.3 is 37.1 Å². The summed E-state index contributed by atoms with van der Waals surface area (Å²) in [5, 5.41) is 13.5. The van der Waals surface area contributed by atoms with E-state index >= 15 is 0 Å². The molecule has 1 heterocycles. The molecule has 1 fully saturated rings. The molecule has 50 heavy (non-hydrogen) atoms. The van der Waals surface area contributed by atoms with Crippen molar-refractivity contribution in [3.05, 3.63) is 29.8 Å². The number of ether oxygens (including phenoxy) is 1. The smallest absolute Gasteiger partial charge is 0.407 e. The molecule has 1 unspecified atom stereocenters. The predicted octanol–water partition coefficient (Wildman–Crippen LogP) is 3.07. The first kappa shape index (κ1) is 41.5. The number of anilines is 1. The van der Waals surface area contributed by atoms with Crippen molar-refractivity contribution in [3.63, 3.8) is 0 Å². The first-order valence-electron chi connectivity index (χ1n) is 17.6. The molecule has 2 rings (SSSR count). The van der Waals surface area contributed by atoms with E-state index in [-0.39, 0.29) is 62.0 Å². The van der Waals surface area contributed by atoms with Crippen molar-refractivity contribution in [1.29, 1.82) is 0 Å². The van der Waals surface area contributed by atoms with Gasteiger partial charge >= 0.3 is 12.1 Å². The van der Waals surface area contributed by atoms with Crippen LogP contribution >= 0.6 is 0 Å². The number of hydrogen-bond acceptors (Lipinski definition) is 8. The number of benzene rings is 1. The minimum absolute atomic E-state index is 0.0572. The van der Waals surface area contributed by atoms with Gasteiger partial charge in [-0.3, -0.25) is 28.9 Å². The molecule has 0 bridgehead atoms. The second-order valence-electron chi connectivity index (χ2n) is 13.0. The highest BCUT2D eigenvalue weighted by Gasteiger charge is 2.35. The van der Waals surface area contributed by atoms with Crippen LogP contribution in [0, 0.1) is 11.8 Å². The number of nitrogens with one attached hydrogen (secondary N) is 5. The van der Waals surface area contributed by atoms with Crippen molar-refractivity contribution in [2.75, 3.05) is 25.0 Å². The number of alkyl carbamates (subject to hydrolysis) is 1. The number of rotatable bonds is 22. The number of nitrogens with zero attached hydrogens (tertiary/aromatic N) is 1. The molecule has 3 atom stereocenters. The summed E-state index contributed by atoms with van der Waals surface area (Å²) in [6.45, 7) is 8.50. The van der Waals surface area contributed by atoms with E-state index in [1.807, 2.05) is 0 Å². The van der Waals surface area contributed by atoms with Crippen molar-refractivity contribution >= 4 is 47.3 Å². The average molecular weight is 702 g/mol. The maximum Gasteiger partial charge on any atom is 0.407 e. The van der Waals surface area contributed by atoms with Crippen molar-refractivity contribution in [2.45, 2.75) is 111 Å². The van der Waals surface area contributed by atoms with Crippen LogP contribution in [0.2, 0.25) is 0 Å². The number of carbonyl (C=O) groups is 7. The fourth-order valence-electron chi connectivity index (χ4n) is 5.32. The number of unbranched alkanes of at least 4 members (excludes halogenated alkanes) is 4. The van der Waals surface area contributed by atoms with Gasteiger partial charge in [0.15, 0.2) is 0 Å². The zero-order valence-electron chi connectivity index (χ0n) is 29.8. The van der Waals surface area contributed by atoms with E-state index < -0.39 is 36.0 Å². The molecule has 7 N–H and O–H groups in total. The fraction of sp³-hybridized carbons (Fsp3) is 0.629. The first-order valence-corrected chi connectivity index (χ1v) is 17.6. The Morgan fingerprint density at radius 2 is 1.60 bits per heavy atom. The Labute approximate surface area is 294 Å². The molecule has 278 valence electrons. The Kier molecular flexibility index (Phi) is 18.3. The number of hydrogen-bond donors (Lipinski definition) is 6. The lowest BCUT2D eigenvalue weighted by atomic mass is 10.0. The zero-order valence-corrected chi connectivity index (χ0v) is 29.8. The second-order valence-corrected chi connectivity index (χ2v) is 13.0. The average Bonchev–Trinajstić information content (AvgIpc) is 3.31. The maximum atomic E-state index is 13.4. The number of amides is 8. The van der Waals surface area contributed by atoms with Gasteiger partial charge in [-0.2, -0.15) is 0 Å². The van der Waals surface area contributed by atoms with Gasteiger partial charge in [-0.1, -0.05) is 59.1 Å². The third-order valence-corrected chi connectivity index (χ3v) is 8.26. The monoisotopic (exact) mass is 701 g/mol. The summed E-state index contributed by atoms with van der Waals surface area (Å²) in [6, 6.07) is 4.12. The van der Waals surface area contributed by atoms with Crippen LogP contribution in [0.4, 0.5) is 15.3 Å². The molecule has 1 aromatic carbocycles. The lowest BCUT2D eigenvalue weighted by Gasteiger charge is -2.25. The van der Waals surface area contributed by atoms with Gasteiger partial charge in [0.1, 0.15) is 18.7 Å². The Balaban J connectivity index is 1.91. The molecule has 0 spiro atoms. The van der Waals surface area contributed by atoms with E-state index in [4.69, 9.17) is 10.5 Å². The van der Waals surface area contributed by atoms with E-state index in [2.05, 4.69) is 33.5 Å². The Morgan fingerprint density at radius 3 is 2.22 bits per heavy atom. The SMILES string of the molecule is CCCCCNC(=O)OCc1ccc(NC(=O)[C@H](CCCNC(N)=O)NC(=O)[C@@H](NC(=O)CCCCCN2C(=O)CC(C)C2=O)C(C)C)cc1. The molecule has 0 saturated carbocycles. The lowest BCUT2D eigenvalue weighted by Crippen LogP contribution is -2.54. The fourth-order valence-corrected chi connectivity index (χ4v) is 5.32. The van der Waals surface area contributed by atoms with Crippen LogP contribution in [-0.4, -0.2) is 78.3 Å². The van der Waals surface area contributed by atoms with Gasteiger partial charge in [-0.05, 0) is 55.7 Å². The van der Waals surface area contributed by atoms with E-state index in [1.165, 1.54) is 4.90 Å². The van der Waals surface area contributed by atoms with Crippen LogP contribution in [0.15, 0.2) is 24.3 Å². The molecule has 8 amide bonds. The topological polar surface area (TPSA) is 218 Å². The maximum absolute atomic E-state index is 13.4. The number of imide groups is 1. The van der Waals surface area contributed by atoms with Gasteiger partial charge in [0.2, 0.25) is 29.5 Å². The summed E-state index contributed by atoms with van der Waals surface area (Å²) in [5.74, 6) is -2.26. The van der Waals surface area contributed by atoms with Gasteiger partial charge in [0.05, 0.1) is 0 Å². The van der Waals surface area contributed by atoms with Crippen molar-refractivity contribution in [1.82, 2.24) is 26.2 Å². The largest absolute Gasteiger partial charge is 0.445 e.